The van der Waals surface area contributed by atoms with Crippen LogP contribution in [0.25, 0.3) is 10.4 Å². The van der Waals surface area contributed by atoms with Crippen LogP contribution in [0.15, 0.2) is 29.8 Å². The highest BCUT2D eigenvalue weighted by Gasteiger charge is 2.18. The second-order valence-corrected chi connectivity index (χ2v) is 7.26. The molecule has 25 heavy (non-hydrogen) atoms. The number of aldehydes is 1. The van der Waals surface area contributed by atoms with Crippen LogP contribution in [-0.2, 0) is 9.53 Å². The number of thiazole rings is 1. The van der Waals surface area contributed by atoms with Crippen LogP contribution in [0.3, 0.4) is 0 Å². The molecule has 1 heterocycles. The van der Waals surface area contributed by atoms with E-state index in [1.807, 2.05) is 52.0 Å². The second kappa shape index (κ2) is 7.95. The zero-order valence-corrected chi connectivity index (χ0v) is 15.4. The number of hydrogen-bond donors (Lipinski definition) is 1. The Labute approximate surface area is 151 Å². The van der Waals surface area contributed by atoms with E-state index in [0.717, 1.165) is 16.0 Å². The number of rotatable bonds is 3. The van der Waals surface area contributed by atoms with Crippen molar-refractivity contribution >= 4 is 23.7 Å². The van der Waals surface area contributed by atoms with Crippen molar-refractivity contribution < 1.29 is 14.3 Å². The van der Waals surface area contributed by atoms with Crippen LogP contribution in [0.2, 0.25) is 0 Å². The molecule has 0 radical (unpaired) electrons. The van der Waals surface area contributed by atoms with Gasteiger partial charge in [-0.2, -0.15) is 0 Å². The number of nitrogens with one attached hydrogen (secondary N) is 1. The molecule has 1 amide bonds. The molecule has 5 nitrogen and oxygen atoms in total. The van der Waals surface area contributed by atoms with Crippen LogP contribution < -0.4 is 5.32 Å². The lowest BCUT2D eigenvalue weighted by molar-refractivity contribution is -0.103. The lowest BCUT2D eigenvalue weighted by atomic mass is 10.0. The first-order chi connectivity index (χ1) is 11.8. The smallest absolute Gasteiger partial charge is 0.408 e. The Morgan fingerprint density at radius 2 is 2.00 bits per heavy atom. The number of nitrogens with zero attached hydrogens (tertiary/aromatic N) is 1. The second-order valence-electron chi connectivity index (χ2n) is 6.41. The van der Waals surface area contributed by atoms with Gasteiger partial charge in [0.25, 0.3) is 0 Å². The molecule has 0 aliphatic heterocycles. The fourth-order valence-corrected chi connectivity index (χ4v) is 2.88. The molecule has 2 rings (SSSR count). The predicted molar refractivity (Wildman–Crippen MR) is 98.3 cm³/mol. The Balaban J connectivity index is 2.11. The van der Waals surface area contributed by atoms with Gasteiger partial charge in [0, 0.05) is 0 Å². The SMILES string of the molecule is C[C@H](NC(=O)OC(C)(C)C)c1ccc(-c2scnc2C#CC=O)cc1. The highest BCUT2D eigenvalue weighted by atomic mass is 32.1. The highest BCUT2D eigenvalue weighted by Crippen LogP contribution is 2.28. The number of aromatic nitrogens is 1. The van der Waals surface area contributed by atoms with E-state index in [4.69, 9.17) is 4.74 Å². The number of benzene rings is 1. The number of ether oxygens (including phenoxy) is 1. The summed E-state index contributed by atoms with van der Waals surface area (Å²) in [7, 11) is 0. The molecule has 0 saturated heterocycles. The molecule has 6 heteroatoms. The molecular weight excluding hydrogens is 336 g/mol. The highest BCUT2D eigenvalue weighted by molar-refractivity contribution is 7.13. The van der Waals surface area contributed by atoms with Crippen LogP contribution in [0.1, 0.15) is 45.0 Å². The van der Waals surface area contributed by atoms with Gasteiger partial charge >= 0.3 is 6.09 Å². The number of alkyl carbamates (subject to hydrolysis) is 1. The summed E-state index contributed by atoms with van der Waals surface area (Å²) in [4.78, 5) is 27.3. The van der Waals surface area contributed by atoms with Gasteiger partial charge in [0.15, 0.2) is 6.29 Å². The Morgan fingerprint density at radius 1 is 1.32 bits per heavy atom. The average molecular weight is 356 g/mol. The van der Waals surface area contributed by atoms with Gasteiger partial charge in [-0.05, 0) is 50.7 Å². The fraction of sp³-hybridized carbons (Fsp3) is 0.316. The summed E-state index contributed by atoms with van der Waals surface area (Å²) in [5.74, 6) is 5.12. The monoisotopic (exact) mass is 356 g/mol. The number of carbonyl (C=O) groups is 2. The van der Waals surface area contributed by atoms with Crippen LogP contribution in [0.4, 0.5) is 4.79 Å². The third kappa shape index (κ3) is 5.44. The lowest BCUT2D eigenvalue weighted by Gasteiger charge is -2.22. The van der Waals surface area contributed by atoms with E-state index in [0.29, 0.717) is 12.0 Å². The summed E-state index contributed by atoms with van der Waals surface area (Å²) in [6.45, 7) is 7.37. The molecule has 130 valence electrons. The van der Waals surface area contributed by atoms with Crippen molar-refractivity contribution in [2.75, 3.05) is 0 Å². The van der Waals surface area contributed by atoms with E-state index >= 15 is 0 Å². The fourth-order valence-electron chi connectivity index (χ4n) is 2.13. The molecule has 1 aromatic heterocycles. The summed E-state index contributed by atoms with van der Waals surface area (Å²) in [5, 5.41) is 2.81. The molecule has 0 bridgehead atoms. The first-order valence-electron chi connectivity index (χ1n) is 7.78. The Bertz CT molecular complexity index is 808. The molecule has 0 fully saturated rings. The first-order valence-corrected chi connectivity index (χ1v) is 8.66. The van der Waals surface area contributed by atoms with E-state index in [9.17, 15) is 9.59 Å². The minimum atomic E-state index is -0.529. The van der Waals surface area contributed by atoms with E-state index in [1.54, 1.807) is 5.51 Å². The Hall–Kier alpha value is -2.65. The number of hydrogen-bond acceptors (Lipinski definition) is 5. The number of carbonyl (C=O) groups excluding carboxylic acids is 2. The number of amides is 1. The molecule has 1 aromatic carbocycles. The van der Waals surface area contributed by atoms with Gasteiger partial charge in [-0.3, -0.25) is 4.79 Å². The molecule has 0 aliphatic rings. The van der Waals surface area contributed by atoms with E-state index in [1.165, 1.54) is 11.3 Å². The molecular formula is C19H20N2O3S. The maximum Gasteiger partial charge on any atom is 0.408 e. The van der Waals surface area contributed by atoms with Gasteiger partial charge in [-0.1, -0.05) is 24.3 Å². The van der Waals surface area contributed by atoms with Gasteiger partial charge in [0.1, 0.15) is 11.3 Å². The van der Waals surface area contributed by atoms with Gasteiger partial charge in [0.2, 0.25) is 0 Å². The van der Waals surface area contributed by atoms with Crippen LogP contribution in [0, 0.1) is 11.8 Å². The standard InChI is InChI=1S/C19H20N2O3S/c1-13(21-18(23)24-19(2,3)4)14-7-9-15(10-8-14)17-16(6-5-11-22)20-12-25-17/h7-13H,1-4H3,(H,21,23)/t13-/m0/s1. The molecule has 1 atom stereocenters. The Kier molecular flexibility index (Phi) is 5.94. The third-order valence-corrected chi connectivity index (χ3v) is 4.10. The van der Waals surface area contributed by atoms with Crippen molar-refractivity contribution in [1.29, 1.82) is 0 Å². The maximum absolute atomic E-state index is 11.9. The van der Waals surface area contributed by atoms with Gasteiger partial charge in [0.05, 0.1) is 16.4 Å². The minimum absolute atomic E-state index is 0.181. The van der Waals surface area contributed by atoms with Gasteiger partial charge < -0.3 is 10.1 Å². The molecule has 0 saturated carbocycles. The molecule has 1 N–H and O–H groups in total. The molecule has 0 unspecified atom stereocenters. The van der Waals surface area contributed by atoms with Crippen molar-refractivity contribution in [2.24, 2.45) is 0 Å². The lowest BCUT2D eigenvalue weighted by Crippen LogP contribution is -2.34. The maximum atomic E-state index is 11.9. The van der Waals surface area contributed by atoms with Crippen molar-refractivity contribution in [3.8, 4) is 22.3 Å². The molecule has 2 aromatic rings. The quantitative estimate of drug-likeness (QED) is 0.668. The van der Waals surface area contributed by atoms with Crippen molar-refractivity contribution in [1.82, 2.24) is 10.3 Å². The van der Waals surface area contributed by atoms with Crippen molar-refractivity contribution in [3.05, 3.63) is 41.0 Å². The van der Waals surface area contributed by atoms with Gasteiger partial charge in [-0.25, -0.2) is 9.78 Å². The van der Waals surface area contributed by atoms with Gasteiger partial charge in [-0.15, -0.1) is 11.3 Å². The summed E-state index contributed by atoms with van der Waals surface area (Å²) in [5.41, 5.74) is 3.68. The zero-order valence-electron chi connectivity index (χ0n) is 14.6. The van der Waals surface area contributed by atoms with E-state index < -0.39 is 11.7 Å². The summed E-state index contributed by atoms with van der Waals surface area (Å²) < 4.78 is 5.27. The zero-order chi connectivity index (χ0) is 18.4. The predicted octanol–water partition coefficient (Wildman–Crippen LogP) is 3.95. The first kappa shape index (κ1) is 18.7. The van der Waals surface area contributed by atoms with Crippen LogP contribution in [0.5, 0.6) is 0 Å². The minimum Gasteiger partial charge on any atom is -0.444 e. The Morgan fingerprint density at radius 3 is 2.60 bits per heavy atom. The summed E-state index contributed by atoms with van der Waals surface area (Å²) >= 11 is 1.47. The van der Waals surface area contributed by atoms with E-state index in [-0.39, 0.29) is 6.04 Å². The van der Waals surface area contributed by atoms with Crippen molar-refractivity contribution in [2.45, 2.75) is 39.3 Å². The third-order valence-electron chi connectivity index (χ3n) is 3.22. The van der Waals surface area contributed by atoms with Crippen LogP contribution in [-0.4, -0.2) is 23.0 Å². The molecule has 0 aliphatic carbocycles. The summed E-state index contributed by atoms with van der Waals surface area (Å²) in [6, 6.07) is 7.59. The normalized spacial score (nSPS) is 11.8. The summed E-state index contributed by atoms with van der Waals surface area (Å²) in [6.07, 6.45) is 0.105. The average Bonchev–Trinajstić information content (AvgIpc) is 2.99. The topological polar surface area (TPSA) is 68.3 Å². The molecule has 0 spiro atoms. The van der Waals surface area contributed by atoms with E-state index in [2.05, 4.69) is 22.1 Å². The largest absolute Gasteiger partial charge is 0.444 e. The van der Waals surface area contributed by atoms with Crippen molar-refractivity contribution in [3.63, 3.8) is 0 Å². The van der Waals surface area contributed by atoms with Crippen LogP contribution >= 0.6 is 11.3 Å².